The topological polar surface area (TPSA) is 131 Å². The van der Waals surface area contributed by atoms with Crippen molar-refractivity contribution in [3.63, 3.8) is 0 Å². The summed E-state index contributed by atoms with van der Waals surface area (Å²) in [5.74, 6) is -1.17. The molecule has 0 saturated carbocycles. The maximum absolute atomic E-state index is 12.2. The van der Waals surface area contributed by atoms with Crippen LogP contribution in [-0.4, -0.2) is 51.3 Å². The molecule has 3 N–H and O–H groups in total. The van der Waals surface area contributed by atoms with Crippen LogP contribution in [0.3, 0.4) is 0 Å². The molecule has 2 aromatic heterocycles. The van der Waals surface area contributed by atoms with Crippen molar-refractivity contribution in [1.29, 1.82) is 0 Å². The first-order valence-electron chi connectivity index (χ1n) is 9.28. The molecule has 0 radical (unpaired) electrons. The van der Waals surface area contributed by atoms with Crippen molar-refractivity contribution in [2.45, 2.75) is 40.0 Å². The quantitative estimate of drug-likeness (QED) is 0.427. The van der Waals surface area contributed by atoms with Gasteiger partial charge in [0.05, 0.1) is 5.69 Å². The normalized spacial score (nSPS) is 10.7. The number of nitrogens with zero attached hydrogens (tertiary/aromatic N) is 3. The Balaban J connectivity index is 2.11. The number of aromatic amines is 1. The number of rotatable bonds is 9. The summed E-state index contributed by atoms with van der Waals surface area (Å²) < 4.78 is 6.48. The van der Waals surface area contributed by atoms with Crippen LogP contribution in [0, 0.1) is 6.92 Å². The summed E-state index contributed by atoms with van der Waals surface area (Å²) in [5, 5.41) is 9.29. The molecule has 28 heavy (non-hydrogen) atoms. The van der Waals surface area contributed by atoms with E-state index in [4.69, 9.17) is 4.74 Å². The van der Waals surface area contributed by atoms with Crippen molar-refractivity contribution in [3.05, 3.63) is 33.9 Å². The summed E-state index contributed by atoms with van der Waals surface area (Å²) in [6.07, 6.45) is 2.09. The van der Waals surface area contributed by atoms with Gasteiger partial charge in [-0.3, -0.25) is 19.4 Å². The maximum atomic E-state index is 12.2. The molecule has 10 heteroatoms. The molecule has 0 fully saturated rings. The Labute approximate surface area is 162 Å². The lowest BCUT2D eigenvalue weighted by Gasteiger charge is -2.09. The average Bonchev–Trinajstić information content (AvgIpc) is 3.01. The predicted molar refractivity (Wildman–Crippen MR) is 103 cm³/mol. The number of aryl methyl sites for hydroxylation is 2. The summed E-state index contributed by atoms with van der Waals surface area (Å²) in [6, 6.07) is 3.02. The zero-order valence-corrected chi connectivity index (χ0v) is 16.4. The van der Waals surface area contributed by atoms with E-state index in [0.717, 1.165) is 6.42 Å². The van der Waals surface area contributed by atoms with Crippen molar-refractivity contribution in [2.24, 2.45) is 0 Å². The fraction of sp³-hybridized carbons (Fsp3) is 0.500. The Hall–Kier alpha value is -3.01. The molecule has 0 unspecified atom stereocenters. The standard InChI is InChI=1S/C18H26N6O4/c1-4-7-13-11-15(25)22-18(20-13)24-14(10-12(3)23-24)21-17(27)16(26)19-8-6-9-28-5-2/h10-11H,4-9H2,1-3H3,(H,19,26)(H,21,27)(H,20,22,25). The number of H-pyrrole nitrogens is 1. The van der Waals surface area contributed by atoms with Gasteiger partial charge >= 0.3 is 11.8 Å². The number of ether oxygens (including phenoxy) is 1. The van der Waals surface area contributed by atoms with Gasteiger partial charge in [0.15, 0.2) is 0 Å². The SMILES string of the molecule is CCCc1cc(=O)[nH]c(-n2nc(C)cc2NC(=O)C(=O)NCCCOCC)n1. The van der Waals surface area contributed by atoms with Gasteiger partial charge in [-0.25, -0.2) is 4.98 Å². The zero-order valence-electron chi connectivity index (χ0n) is 16.4. The van der Waals surface area contributed by atoms with Gasteiger partial charge < -0.3 is 15.4 Å². The minimum Gasteiger partial charge on any atom is -0.382 e. The van der Waals surface area contributed by atoms with E-state index in [1.165, 1.54) is 10.7 Å². The molecule has 0 spiro atoms. The van der Waals surface area contributed by atoms with E-state index in [9.17, 15) is 14.4 Å². The maximum Gasteiger partial charge on any atom is 0.314 e. The fourth-order valence-electron chi connectivity index (χ4n) is 2.50. The van der Waals surface area contributed by atoms with Crippen LogP contribution in [0.4, 0.5) is 5.82 Å². The summed E-state index contributed by atoms with van der Waals surface area (Å²) in [6.45, 7) is 7.05. The van der Waals surface area contributed by atoms with Gasteiger partial charge in [0.25, 0.3) is 5.56 Å². The van der Waals surface area contributed by atoms with E-state index in [-0.39, 0.29) is 17.3 Å². The Kier molecular flexibility index (Phi) is 7.88. The number of hydrogen-bond donors (Lipinski definition) is 3. The number of aromatic nitrogens is 4. The second-order valence-electron chi connectivity index (χ2n) is 6.15. The largest absolute Gasteiger partial charge is 0.382 e. The summed E-state index contributed by atoms with van der Waals surface area (Å²) >= 11 is 0. The van der Waals surface area contributed by atoms with Crippen LogP contribution < -0.4 is 16.2 Å². The molecule has 2 heterocycles. The molecule has 152 valence electrons. The highest BCUT2D eigenvalue weighted by atomic mass is 16.5. The molecule has 0 bridgehead atoms. The van der Waals surface area contributed by atoms with E-state index in [1.54, 1.807) is 13.0 Å². The summed E-state index contributed by atoms with van der Waals surface area (Å²) in [5.41, 5.74) is 0.903. The molecule has 2 amide bonds. The van der Waals surface area contributed by atoms with Crippen LogP contribution >= 0.6 is 0 Å². The highest BCUT2D eigenvalue weighted by Crippen LogP contribution is 2.14. The second kappa shape index (κ2) is 10.4. The van der Waals surface area contributed by atoms with E-state index >= 15 is 0 Å². The van der Waals surface area contributed by atoms with Gasteiger partial charge in [0.1, 0.15) is 5.82 Å². The zero-order chi connectivity index (χ0) is 20.5. The van der Waals surface area contributed by atoms with Crippen molar-refractivity contribution in [1.82, 2.24) is 25.1 Å². The van der Waals surface area contributed by atoms with Crippen LogP contribution in [0.25, 0.3) is 5.95 Å². The summed E-state index contributed by atoms with van der Waals surface area (Å²) in [4.78, 5) is 43.0. The molecule has 0 aromatic carbocycles. The van der Waals surface area contributed by atoms with E-state index in [0.29, 0.717) is 44.0 Å². The third-order valence-electron chi connectivity index (χ3n) is 3.72. The molecule has 2 rings (SSSR count). The lowest BCUT2D eigenvalue weighted by atomic mass is 10.2. The molecule has 0 aliphatic rings. The molecule has 0 saturated heterocycles. The minimum atomic E-state index is -0.829. The molecule has 0 aliphatic carbocycles. The third-order valence-corrected chi connectivity index (χ3v) is 3.72. The van der Waals surface area contributed by atoms with Crippen molar-refractivity contribution in [3.8, 4) is 5.95 Å². The van der Waals surface area contributed by atoms with Gasteiger partial charge in [-0.15, -0.1) is 0 Å². The van der Waals surface area contributed by atoms with Crippen LogP contribution in [-0.2, 0) is 20.7 Å². The van der Waals surface area contributed by atoms with E-state index in [1.807, 2.05) is 13.8 Å². The summed E-state index contributed by atoms with van der Waals surface area (Å²) in [7, 11) is 0. The number of nitrogens with one attached hydrogen (secondary N) is 3. The number of hydrogen-bond acceptors (Lipinski definition) is 6. The fourth-order valence-corrected chi connectivity index (χ4v) is 2.50. The number of carbonyl (C=O) groups excluding carboxylic acids is 2. The van der Waals surface area contributed by atoms with E-state index < -0.39 is 11.8 Å². The first kappa shape index (κ1) is 21.3. The molecular formula is C18H26N6O4. The Bertz CT molecular complexity index is 873. The molecule has 2 aromatic rings. The van der Waals surface area contributed by atoms with E-state index in [2.05, 4.69) is 25.7 Å². The highest BCUT2D eigenvalue weighted by Gasteiger charge is 2.18. The average molecular weight is 390 g/mol. The van der Waals surface area contributed by atoms with Crippen molar-refractivity contribution >= 4 is 17.6 Å². The number of amides is 2. The molecule has 0 aliphatic heterocycles. The number of carbonyl (C=O) groups is 2. The molecular weight excluding hydrogens is 364 g/mol. The third kappa shape index (κ3) is 6.02. The monoisotopic (exact) mass is 390 g/mol. The second-order valence-corrected chi connectivity index (χ2v) is 6.15. The van der Waals surface area contributed by atoms with Gasteiger partial charge in [-0.05, 0) is 26.7 Å². The van der Waals surface area contributed by atoms with Crippen LogP contribution in [0.5, 0.6) is 0 Å². The van der Waals surface area contributed by atoms with Crippen molar-refractivity contribution < 1.29 is 14.3 Å². The molecule has 0 atom stereocenters. The lowest BCUT2D eigenvalue weighted by Crippen LogP contribution is -2.36. The van der Waals surface area contributed by atoms with Gasteiger partial charge in [0, 0.05) is 37.6 Å². The molecule has 10 nitrogen and oxygen atoms in total. The first-order valence-corrected chi connectivity index (χ1v) is 9.28. The lowest BCUT2D eigenvalue weighted by molar-refractivity contribution is -0.136. The first-order chi connectivity index (χ1) is 13.4. The van der Waals surface area contributed by atoms with Crippen LogP contribution in [0.15, 0.2) is 16.9 Å². The van der Waals surface area contributed by atoms with Crippen LogP contribution in [0.1, 0.15) is 38.1 Å². The van der Waals surface area contributed by atoms with Gasteiger partial charge in [-0.2, -0.15) is 9.78 Å². The highest BCUT2D eigenvalue weighted by molar-refractivity contribution is 6.39. The van der Waals surface area contributed by atoms with Crippen LogP contribution in [0.2, 0.25) is 0 Å². The Morgan fingerprint density at radius 3 is 2.75 bits per heavy atom. The Morgan fingerprint density at radius 2 is 2.04 bits per heavy atom. The predicted octanol–water partition coefficient (Wildman–Crippen LogP) is 0.698. The Morgan fingerprint density at radius 1 is 1.25 bits per heavy atom. The minimum absolute atomic E-state index is 0.177. The van der Waals surface area contributed by atoms with Gasteiger partial charge in [0.2, 0.25) is 5.95 Å². The number of anilines is 1. The van der Waals surface area contributed by atoms with Crippen molar-refractivity contribution in [2.75, 3.05) is 25.1 Å². The smallest absolute Gasteiger partial charge is 0.314 e. The van der Waals surface area contributed by atoms with Gasteiger partial charge in [-0.1, -0.05) is 13.3 Å².